The normalized spacial score (nSPS) is 11.5. The van der Waals surface area contributed by atoms with Crippen molar-refractivity contribution in [2.75, 3.05) is 7.11 Å². The highest BCUT2D eigenvalue weighted by molar-refractivity contribution is 7.89. The Morgan fingerprint density at radius 1 is 1.15 bits per heavy atom. The molecule has 0 aliphatic rings. The molecule has 0 saturated heterocycles. The van der Waals surface area contributed by atoms with Gasteiger partial charge in [0.25, 0.3) is 0 Å². The van der Waals surface area contributed by atoms with Gasteiger partial charge in [0, 0.05) is 13.0 Å². The summed E-state index contributed by atoms with van der Waals surface area (Å²) in [5.74, 6) is 1.23. The summed E-state index contributed by atoms with van der Waals surface area (Å²) in [5.41, 5.74) is 2.45. The number of nitrogens with one attached hydrogen (secondary N) is 1. The van der Waals surface area contributed by atoms with Gasteiger partial charge in [0.15, 0.2) is 0 Å². The van der Waals surface area contributed by atoms with Gasteiger partial charge >= 0.3 is 0 Å². The molecule has 0 amide bonds. The second kappa shape index (κ2) is 7.89. The number of benzene rings is 2. The first-order valence-electron chi connectivity index (χ1n) is 8.49. The minimum Gasteiger partial charge on any atom is -0.496 e. The number of hydrogen-bond donors (Lipinski definition) is 1. The van der Waals surface area contributed by atoms with E-state index in [0.717, 1.165) is 11.1 Å². The lowest BCUT2D eigenvalue weighted by Gasteiger charge is -2.10. The van der Waals surface area contributed by atoms with Crippen molar-refractivity contribution in [2.45, 2.75) is 31.7 Å². The predicted molar refractivity (Wildman–Crippen MR) is 101 cm³/mol. The molecule has 27 heavy (non-hydrogen) atoms. The van der Waals surface area contributed by atoms with Gasteiger partial charge < -0.3 is 9.26 Å². The van der Waals surface area contributed by atoms with Gasteiger partial charge in [0.05, 0.1) is 17.6 Å². The van der Waals surface area contributed by atoms with E-state index >= 15 is 0 Å². The van der Waals surface area contributed by atoms with Gasteiger partial charge in [-0.1, -0.05) is 41.9 Å². The zero-order valence-corrected chi connectivity index (χ0v) is 16.2. The van der Waals surface area contributed by atoms with Gasteiger partial charge in [0.1, 0.15) is 5.75 Å². The molecule has 0 aliphatic carbocycles. The average molecular weight is 387 g/mol. The van der Waals surface area contributed by atoms with Crippen molar-refractivity contribution in [2.24, 2.45) is 0 Å². The smallest absolute Gasteiger partial charge is 0.240 e. The van der Waals surface area contributed by atoms with E-state index in [1.54, 1.807) is 6.07 Å². The predicted octanol–water partition coefficient (Wildman–Crippen LogP) is 3.09. The molecule has 0 fully saturated rings. The van der Waals surface area contributed by atoms with Gasteiger partial charge in [-0.2, -0.15) is 4.98 Å². The summed E-state index contributed by atoms with van der Waals surface area (Å²) in [4.78, 5) is 4.36. The van der Waals surface area contributed by atoms with Crippen LogP contribution in [0.1, 0.15) is 23.9 Å². The topological polar surface area (TPSA) is 94.3 Å². The zero-order chi connectivity index (χ0) is 19.4. The van der Waals surface area contributed by atoms with Crippen LogP contribution in [0.25, 0.3) is 11.4 Å². The molecule has 3 rings (SSSR count). The van der Waals surface area contributed by atoms with E-state index in [9.17, 15) is 8.42 Å². The first-order chi connectivity index (χ1) is 12.9. The lowest BCUT2D eigenvalue weighted by molar-refractivity contribution is 0.382. The molecular formula is C19H21N3O4S. The first-order valence-corrected chi connectivity index (χ1v) is 9.97. The lowest BCUT2D eigenvalue weighted by Crippen LogP contribution is -2.23. The van der Waals surface area contributed by atoms with Gasteiger partial charge in [0.2, 0.25) is 21.7 Å². The Bertz CT molecular complexity index is 1030. The van der Waals surface area contributed by atoms with E-state index in [1.165, 1.54) is 19.2 Å². The van der Waals surface area contributed by atoms with E-state index in [-0.39, 0.29) is 11.4 Å². The highest BCUT2D eigenvalue weighted by Crippen LogP contribution is 2.30. The van der Waals surface area contributed by atoms with Crippen molar-refractivity contribution < 1.29 is 17.7 Å². The van der Waals surface area contributed by atoms with Gasteiger partial charge in [-0.3, -0.25) is 0 Å². The fourth-order valence-electron chi connectivity index (χ4n) is 2.50. The number of ether oxygens (including phenoxy) is 1. The molecule has 0 saturated carbocycles. The number of aromatic nitrogens is 2. The molecule has 1 aromatic heterocycles. The van der Waals surface area contributed by atoms with Crippen LogP contribution in [0.5, 0.6) is 5.75 Å². The summed E-state index contributed by atoms with van der Waals surface area (Å²) >= 11 is 0. The summed E-state index contributed by atoms with van der Waals surface area (Å²) in [6.45, 7) is 4.07. The van der Waals surface area contributed by atoms with E-state index in [4.69, 9.17) is 9.26 Å². The Labute approximate surface area is 158 Å². The number of hydrogen-bond acceptors (Lipinski definition) is 6. The van der Waals surface area contributed by atoms with Gasteiger partial charge in [-0.25, -0.2) is 13.1 Å². The SMILES string of the molecule is CCc1nc(-c2cc(S(=O)(=O)NCc3ccc(C)cc3)ccc2OC)no1. The largest absolute Gasteiger partial charge is 0.496 e. The average Bonchev–Trinajstić information content (AvgIpc) is 3.16. The quantitative estimate of drug-likeness (QED) is 0.669. The third-order valence-electron chi connectivity index (χ3n) is 4.08. The second-order valence-corrected chi connectivity index (χ2v) is 7.80. The lowest BCUT2D eigenvalue weighted by atomic mass is 10.2. The third-order valence-corrected chi connectivity index (χ3v) is 5.48. The molecule has 0 spiro atoms. The monoisotopic (exact) mass is 387 g/mol. The van der Waals surface area contributed by atoms with Gasteiger partial charge in [-0.15, -0.1) is 0 Å². The summed E-state index contributed by atoms with van der Waals surface area (Å²) in [6, 6.07) is 12.2. The molecule has 7 nitrogen and oxygen atoms in total. The molecule has 2 aromatic carbocycles. The Kier molecular flexibility index (Phi) is 5.57. The van der Waals surface area contributed by atoms with Crippen LogP contribution in [0.4, 0.5) is 0 Å². The highest BCUT2D eigenvalue weighted by Gasteiger charge is 2.19. The van der Waals surface area contributed by atoms with Crippen LogP contribution in [0.3, 0.4) is 0 Å². The summed E-state index contributed by atoms with van der Waals surface area (Å²) < 4.78 is 38.5. The molecule has 0 radical (unpaired) electrons. The van der Waals surface area contributed by atoms with Crippen LogP contribution in [-0.2, 0) is 23.0 Å². The third kappa shape index (κ3) is 4.35. The van der Waals surface area contributed by atoms with E-state index in [0.29, 0.717) is 29.4 Å². The molecule has 0 atom stereocenters. The molecule has 0 unspecified atom stereocenters. The van der Waals surface area contributed by atoms with Crippen LogP contribution in [-0.4, -0.2) is 25.7 Å². The van der Waals surface area contributed by atoms with Crippen molar-refractivity contribution in [1.29, 1.82) is 0 Å². The van der Waals surface area contributed by atoms with Crippen LogP contribution in [0.15, 0.2) is 51.9 Å². The minimum absolute atomic E-state index is 0.105. The van der Waals surface area contributed by atoms with E-state index in [2.05, 4.69) is 14.9 Å². The molecule has 1 N–H and O–H groups in total. The number of aryl methyl sites for hydroxylation is 2. The van der Waals surface area contributed by atoms with Crippen LogP contribution in [0, 0.1) is 6.92 Å². The maximum atomic E-state index is 12.7. The maximum Gasteiger partial charge on any atom is 0.240 e. The first kappa shape index (κ1) is 19.1. The molecule has 1 heterocycles. The Morgan fingerprint density at radius 2 is 1.89 bits per heavy atom. The fourth-order valence-corrected chi connectivity index (χ4v) is 3.55. The van der Waals surface area contributed by atoms with Gasteiger partial charge in [-0.05, 0) is 30.7 Å². The highest BCUT2D eigenvalue weighted by atomic mass is 32.2. The Hall–Kier alpha value is -2.71. The van der Waals surface area contributed by atoms with Crippen molar-refractivity contribution in [1.82, 2.24) is 14.9 Å². The Balaban J connectivity index is 1.88. The number of sulfonamides is 1. The summed E-state index contributed by atoms with van der Waals surface area (Å²) in [5, 5.41) is 3.91. The molecular weight excluding hydrogens is 366 g/mol. The van der Waals surface area contributed by atoms with Crippen LogP contribution >= 0.6 is 0 Å². The van der Waals surface area contributed by atoms with Crippen molar-refractivity contribution in [3.8, 4) is 17.1 Å². The number of nitrogens with zero attached hydrogens (tertiary/aromatic N) is 2. The summed E-state index contributed by atoms with van der Waals surface area (Å²) in [6.07, 6.45) is 0.589. The molecule has 142 valence electrons. The van der Waals surface area contributed by atoms with Crippen LogP contribution < -0.4 is 9.46 Å². The molecule has 0 aliphatic heterocycles. The van der Waals surface area contributed by atoms with E-state index in [1.807, 2.05) is 38.1 Å². The number of rotatable bonds is 7. The molecule has 0 bridgehead atoms. The van der Waals surface area contributed by atoms with Crippen LogP contribution in [0.2, 0.25) is 0 Å². The maximum absolute atomic E-state index is 12.7. The van der Waals surface area contributed by atoms with Crippen molar-refractivity contribution in [3.63, 3.8) is 0 Å². The standard InChI is InChI=1S/C19H21N3O4S/c1-4-18-21-19(22-26-18)16-11-15(9-10-17(16)25-3)27(23,24)20-12-14-7-5-13(2)6-8-14/h5-11,20H,4,12H2,1-3H3. The minimum atomic E-state index is -3.71. The zero-order valence-electron chi connectivity index (χ0n) is 15.4. The molecule has 3 aromatic rings. The second-order valence-electron chi connectivity index (χ2n) is 6.04. The Morgan fingerprint density at radius 3 is 2.52 bits per heavy atom. The van der Waals surface area contributed by atoms with Crippen molar-refractivity contribution in [3.05, 3.63) is 59.5 Å². The number of methoxy groups -OCH3 is 1. The van der Waals surface area contributed by atoms with E-state index < -0.39 is 10.0 Å². The van der Waals surface area contributed by atoms with Crippen molar-refractivity contribution >= 4 is 10.0 Å². The summed E-state index contributed by atoms with van der Waals surface area (Å²) in [7, 11) is -2.21. The molecule has 8 heteroatoms. The fraction of sp³-hybridized carbons (Fsp3) is 0.263.